The van der Waals surface area contributed by atoms with Crippen molar-refractivity contribution >= 4 is 34.6 Å². The minimum atomic E-state index is -4.63. The maximum atomic E-state index is 13.4. The third-order valence-corrected chi connectivity index (χ3v) is 4.58. The Balaban J connectivity index is 2.01. The number of halogens is 5. The van der Waals surface area contributed by atoms with Gasteiger partial charge in [-0.15, -0.1) is 0 Å². The lowest BCUT2D eigenvalue weighted by Crippen LogP contribution is -2.17. The van der Waals surface area contributed by atoms with Crippen molar-refractivity contribution in [1.29, 1.82) is 0 Å². The monoisotopic (exact) mass is 437 g/mol. The van der Waals surface area contributed by atoms with Gasteiger partial charge in [0.2, 0.25) is 0 Å². The van der Waals surface area contributed by atoms with Crippen LogP contribution in [0.4, 0.5) is 34.6 Å². The average Bonchev–Trinajstić information content (AvgIpc) is 2.65. The number of nitrogens with one attached hydrogen (secondary N) is 2. The Bertz CT molecular complexity index is 1120. The van der Waals surface area contributed by atoms with Crippen LogP contribution in [-0.2, 0) is 6.18 Å². The molecule has 1 aromatic heterocycles. The summed E-state index contributed by atoms with van der Waals surface area (Å²) in [5.74, 6) is -1.22. The van der Waals surface area contributed by atoms with E-state index in [9.17, 15) is 22.4 Å². The summed E-state index contributed by atoms with van der Waals surface area (Å²) in [4.78, 5) is 16.7. The van der Waals surface area contributed by atoms with Gasteiger partial charge in [-0.1, -0.05) is 11.6 Å². The summed E-state index contributed by atoms with van der Waals surface area (Å²) in [6, 6.07) is 8.23. The van der Waals surface area contributed by atoms with Gasteiger partial charge >= 0.3 is 6.18 Å². The topological polar surface area (TPSA) is 54.0 Å². The van der Waals surface area contributed by atoms with Crippen molar-refractivity contribution < 1.29 is 22.4 Å². The van der Waals surface area contributed by atoms with Crippen LogP contribution in [-0.4, -0.2) is 10.9 Å². The first kappa shape index (κ1) is 21.6. The van der Waals surface area contributed by atoms with Gasteiger partial charge < -0.3 is 10.6 Å². The number of carbonyl (C=O) groups is 1. The van der Waals surface area contributed by atoms with E-state index in [-0.39, 0.29) is 16.4 Å². The summed E-state index contributed by atoms with van der Waals surface area (Å²) in [6.07, 6.45) is -3.31. The Hall–Kier alpha value is -3.13. The highest BCUT2D eigenvalue weighted by Gasteiger charge is 2.32. The van der Waals surface area contributed by atoms with Crippen LogP contribution in [0.2, 0.25) is 5.15 Å². The lowest BCUT2D eigenvalue weighted by Gasteiger charge is -2.17. The quantitative estimate of drug-likeness (QED) is 0.361. The lowest BCUT2D eigenvalue weighted by atomic mass is 10.1. The van der Waals surface area contributed by atoms with Gasteiger partial charge in [0.1, 0.15) is 11.0 Å². The molecule has 0 radical (unpaired) electrons. The van der Waals surface area contributed by atoms with E-state index >= 15 is 0 Å². The minimum absolute atomic E-state index is 0.134. The molecule has 0 spiro atoms. The fourth-order valence-corrected chi connectivity index (χ4v) is 2.98. The number of pyridine rings is 1. The first-order chi connectivity index (χ1) is 14.0. The van der Waals surface area contributed by atoms with Gasteiger partial charge in [0.25, 0.3) is 5.91 Å². The van der Waals surface area contributed by atoms with Gasteiger partial charge in [-0.05, 0) is 67.4 Å². The highest BCUT2D eigenvalue weighted by molar-refractivity contribution is 6.29. The molecule has 2 aromatic carbocycles. The number of alkyl halides is 3. The van der Waals surface area contributed by atoms with Crippen molar-refractivity contribution in [3.8, 4) is 0 Å². The first-order valence-corrected chi connectivity index (χ1v) is 9.10. The number of nitrogens with zero attached hydrogens (tertiary/aromatic N) is 1. The van der Waals surface area contributed by atoms with E-state index in [1.165, 1.54) is 30.5 Å². The van der Waals surface area contributed by atoms with E-state index in [1.807, 2.05) is 0 Å². The maximum Gasteiger partial charge on any atom is 0.416 e. The molecule has 4 nitrogen and oxygen atoms in total. The molecule has 0 aliphatic rings. The second-order valence-electron chi connectivity index (χ2n) is 6.62. The third-order valence-electron chi connectivity index (χ3n) is 4.37. The minimum Gasteiger partial charge on any atom is -0.355 e. The second kappa shape index (κ2) is 8.31. The molecule has 0 aliphatic carbocycles. The fraction of sp³-hybridized carbons (Fsp3) is 0.143. The Kier molecular flexibility index (Phi) is 5.98. The van der Waals surface area contributed by atoms with Gasteiger partial charge in [0.15, 0.2) is 0 Å². The zero-order valence-corrected chi connectivity index (χ0v) is 16.6. The zero-order valence-electron chi connectivity index (χ0n) is 15.9. The molecule has 1 amide bonds. The molecule has 0 bridgehead atoms. The largest absolute Gasteiger partial charge is 0.416 e. The number of anilines is 3. The number of aromatic nitrogens is 1. The van der Waals surface area contributed by atoms with E-state index in [2.05, 4.69) is 15.6 Å². The zero-order chi connectivity index (χ0) is 22.1. The maximum absolute atomic E-state index is 13.4. The predicted octanol–water partition coefficient (Wildman–Crippen LogP) is 6.51. The fourth-order valence-electron chi connectivity index (χ4n) is 2.77. The molecule has 1 heterocycles. The molecule has 156 valence electrons. The number of rotatable bonds is 4. The Morgan fingerprint density at radius 2 is 1.63 bits per heavy atom. The molecule has 3 rings (SSSR count). The molecular weight excluding hydrogens is 422 g/mol. The number of hydrogen-bond donors (Lipinski definition) is 2. The highest BCUT2D eigenvalue weighted by atomic mass is 35.5. The standard InChI is InChI=1S/C21H16ClF4N3O/c1-11-7-14(23)4-6-16(11)28-17-5-3-13(21(24,25)26)9-15(17)20(30)29-18-10-27-19(22)8-12(18)2/h3-10,28H,1-2H3,(H,29,30). The molecule has 30 heavy (non-hydrogen) atoms. The van der Waals surface area contributed by atoms with Gasteiger partial charge in [0, 0.05) is 5.69 Å². The summed E-state index contributed by atoms with van der Waals surface area (Å²) in [7, 11) is 0. The third kappa shape index (κ3) is 4.88. The number of benzene rings is 2. The lowest BCUT2D eigenvalue weighted by molar-refractivity contribution is -0.137. The summed E-state index contributed by atoms with van der Waals surface area (Å²) < 4.78 is 53.0. The molecule has 3 aromatic rings. The van der Waals surface area contributed by atoms with Crippen LogP contribution in [0, 0.1) is 19.7 Å². The van der Waals surface area contributed by atoms with E-state index in [0.717, 1.165) is 18.2 Å². The van der Waals surface area contributed by atoms with Crippen LogP contribution in [0.5, 0.6) is 0 Å². The summed E-state index contributed by atoms with van der Waals surface area (Å²) >= 11 is 5.80. The number of amides is 1. The van der Waals surface area contributed by atoms with Crippen molar-refractivity contribution in [3.05, 3.63) is 81.9 Å². The van der Waals surface area contributed by atoms with Gasteiger partial charge in [0.05, 0.1) is 28.7 Å². The van der Waals surface area contributed by atoms with Gasteiger partial charge in [-0.25, -0.2) is 9.37 Å². The van der Waals surface area contributed by atoms with E-state index in [1.54, 1.807) is 13.8 Å². The van der Waals surface area contributed by atoms with Crippen molar-refractivity contribution in [1.82, 2.24) is 4.98 Å². The average molecular weight is 438 g/mol. The highest BCUT2D eigenvalue weighted by Crippen LogP contribution is 2.33. The normalized spacial score (nSPS) is 11.3. The molecular formula is C21H16ClF4N3O. The molecule has 0 aliphatic heterocycles. The van der Waals surface area contributed by atoms with Crippen LogP contribution in [0.15, 0.2) is 48.7 Å². The first-order valence-electron chi connectivity index (χ1n) is 8.72. The van der Waals surface area contributed by atoms with Crippen LogP contribution in [0.25, 0.3) is 0 Å². The molecule has 0 atom stereocenters. The molecule has 0 saturated carbocycles. The molecule has 0 unspecified atom stereocenters. The SMILES string of the molecule is Cc1cc(Cl)ncc1NC(=O)c1cc(C(F)(F)F)ccc1Nc1ccc(F)cc1C. The van der Waals surface area contributed by atoms with Crippen molar-refractivity contribution in [3.63, 3.8) is 0 Å². The predicted molar refractivity (Wildman–Crippen MR) is 108 cm³/mol. The number of hydrogen-bond acceptors (Lipinski definition) is 3. The Labute approximate surface area is 174 Å². The number of aryl methyl sites for hydroxylation is 2. The van der Waals surface area contributed by atoms with Crippen LogP contribution in [0.1, 0.15) is 27.0 Å². The van der Waals surface area contributed by atoms with E-state index < -0.39 is 23.5 Å². The van der Waals surface area contributed by atoms with Crippen molar-refractivity contribution in [2.45, 2.75) is 20.0 Å². The summed E-state index contributed by atoms with van der Waals surface area (Å²) in [5, 5.41) is 5.68. The van der Waals surface area contributed by atoms with Crippen LogP contribution >= 0.6 is 11.6 Å². The Morgan fingerprint density at radius 1 is 0.967 bits per heavy atom. The molecule has 2 N–H and O–H groups in total. The molecule has 0 saturated heterocycles. The van der Waals surface area contributed by atoms with E-state index in [4.69, 9.17) is 11.6 Å². The Morgan fingerprint density at radius 3 is 2.27 bits per heavy atom. The second-order valence-corrected chi connectivity index (χ2v) is 7.01. The smallest absolute Gasteiger partial charge is 0.355 e. The van der Waals surface area contributed by atoms with Gasteiger partial charge in [-0.3, -0.25) is 4.79 Å². The van der Waals surface area contributed by atoms with Crippen LogP contribution in [0.3, 0.4) is 0 Å². The van der Waals surface area contributed by atoms with Crippen LogP contribution < -0.4 is 10.6 Å². The van der Waals surface area contributed by atoms with Crippen molar-refractivity contribution in [2.75, 3.05) is 10.6 Å². The van der Waals surface area contributed by atoms with E-state index in [0.29, 0.717) is 22.5 Å². The summed E-state index contributed by atoms with van der Waals surface area (Å²) in [6.45, 7) is 3.31. The van der Waals surface area contributed by atoms with Gasteiger partial charge in [-0.2, -0.15) is 13.2 Å². The number of carbonyl (C=O) groups excluding carboxylic acids is 1. The van der Waals surface area contributed by atoms with Crippen molar-refractivity contribution in [2.24, 2.45) is 0 Å². The molecule has 0 fully saturated rings. The summed E-state index contributed by atoms with van der Waals surface area (Å²) in [5.41, 5.74) is 0.816. The molecule has 9 heteroatoms.